The fourth-order valence-corrected chi connectivity index (χ4v) is 4.44. The third kappa shape index (κ3) is 6.22. The molecule has 0 unspecified atom stereocenters. The van der Waals surface area contributed by atoms with Crippen molar-refractivity contribution in [3.05, 3.63) is 113 Å². The molecule has 1 aromatic heterocycles. The van der Waals surface area contributed by atoms with Crippen molar-refractivity contribution in [3.8, 4) is 17.2 Å². The number of carbonyl (C=O) groups excluding carboxylic acids is 2. The van der Waals surface area contributed by atoms with Gasteiger partial charge in [-0.15, -0.1) is 0 Å². The van der Waals surface area contributed by atoms with Crippen LogP contribution in [0.25, 0.3) is 22.6 Å². The molecule has 208 valence electrons. The number of hydrogen-bond acceptors (Lipinski definition) is 5. The molecular formula is C35H34N2O4. The molecule has 5 aromatic rings. The molecule has 4 aromatic carbocycles. The third-order valence-corrected chi connectivity index (χ3v) is 6.97. The van der Waals surface area contributed by atoms with Crippen LogP contribution in [-0.2, 0) is 10.8 Å². The predicted octanol–water partition coefficient (Wildman–Crippen LogP) is 8.56. The van der Waals surface area contributed by atoms with Crippen molar-refractivity contribution in [1.82, 2.24) is 4.98 Å². The third-order valence-electron chi connectivity index (χ3n) is 6.97. The lowest BCUT2D eigenvalue weighted by Crippen LogP contribution is -2.15. The number of amides is 1. The van der Waals surface area contributed by atoms with Gasteiger partial charge in [-0.05, 0) is 70.5 Å². The lowest BCUT2D eigenvalue weighted by Gasteiger charge is -2.19. The van der Waals surface area contributed by atoms with E-state index in [0.717, 1.165) is 11.1 Å². The first kappa shape index (κ1) is 27.8. The molecule has 0 spiro atoms. The molecule has 1 heterocycles. The molecule has 41 heavy (non-hydrogen) atoms. The van der Waals surface area contributed by atoms with Gasteiger partial charge in [0.2, 0.25) is 5.89 Å². The lowest BCUT2D eigenvalue weighted by atomic mass is 9.87. The minimum atomic E-state index is -0.524. The normalized spacial score (nSPS) is 11.9. The van der Waals surface area contributed by atoms with Crippen LogP contribution < -0.4 is 10.1 Å². The van der Waals surface area contributed by atoms with Gasteiger partial charge in [-0.2, -0.15) is 0 Å². The summed E-state index contributed by atoms with van der Waals surface area (Å²) in [6, 6.07) is 27.4. The second-order valence-electron chi connectivity index (χ2n) is 12.2. The Hall–Kier alpha value is -4.71. The van der Waals surface area contributed by atoms with Crippen LogP contribution in [0.1, 0.15) is 73.4 Å². The van der Waals surface area contributed by atoms with Crippen molar-refractivity contribution in [2.24, 2.45) is 0 Å². The molecule has 0 aliphatic heterocycles. The number of nitrogens with zero attached hydrogens (tertiary/aromatic N) is 1. The number of oxazole rings is 1. The largest absolute Gasteiger partial charge is 0.436 e. The molecule has 6 nitrogen and oxygen atoms in total. The maximum absolute atomic E-state index is 13.2. The number of carbonyl (C=O) groups is 2. The highest BCUT2D eigenvalue weighted by Crippen LogP contribution is 2.35. The Labute approximate surface area is 240 Å². The summed E-state index contributed by atoms with van der Waals surface area (Å²) in [4.78, 5) is 30.9. The van der Waals surface area contributed by atoms with E-state index in [1.54, 1.807) is 30.3 Å². The summed E-state index contributed by atoms with van der Waals surface area (Å²) < 4.78 is 11.9. The molecular weight excluding hydrogens is 512 g/mol. The average molecular weight is 547 g/mol. The van der Waals surface area contributed by atoms with Crippen molar-refractivity contribution in [2.75, 3.05) is 5.32 Å². The summed E-state index contributed by atoms with van der Waals surface area (Å²) in [5.41, 5.74) is 5.41. The van der Waals surface area contributed by atoms with Gasteiger partial charge in [0.1, 0.15) is 11.3 Å². The number of aromatic nitrogens is 1. The number of hydrogen-bond donors (Lipinski definition) is 1. The highest BCUT2D eigenvalue weighted by Gasteiger charge is 2.20. The maximum Gasteiger partial charge on any atom is 0.343 e. The molecule has 0 atom stereocenters. The van der Waals surface area contributed by atoms with Crippen molar-refractivity contribution >= 4 is 28.7 Å². The first-order valence-electron chi connectivity index (χ1n) is 13.6. The van der Waals surface area contributed by atoms with Gasteiger partial charge >= 0.3 is 5.97 Å². The first-order chi connectivity index (χ1) is 19.4. The zero-order valence-corrected chi connectivity index (χ0v) is 24.2. The fraction of sp³-hybridized carbons (Fsp3) is 0.229. The number of esters is 1. The van der Waals surface area contributed by atoms with Crippen LogP contribution in [0.2, 0.25) is 0 Å². The summed E-state index contributed by atoms with van der Waals surface area (Å²) >= 11 is 0. The number of fused-ring (bicyclic) bond motifs is 1. The van der Waals surface area contributed by atoms with Gasteiger partial charge in [-0.1, -0.05) is 77.9 Å². The zero-order valence-electron chi connectivity index (χ0n) is 24.2. The maximum atomic E-state index is 13.2. The average Bonchev–Trinajstić information content (AvgIpc) is 3.36. The van der Waals surface area contributed by atoms with E-state index in [4.69, 9.17) is 9.15 Å². The molecule has 0 bridgehead atoms. The van der Waals surface area contributed by atoms with Gasteiger partial charge in [0, 0.05) is 17.3 Å². The molecule has 6 heteroatoms. The Bertz CT molecular complexity index is 1680. The molecule has 0 radical (unpaired) electrons. The van der Waals surface area contributed by atoms with Gasteiger partial charge in [-0.25, -0.2) is 9.78 Å². The Kier molecular flexibility index (Phi) is 7.26. The molecule has 0 aliphatic carbocycles. The monoisotopic (exact) mass is 546 g/mol. The van der Waals surface area contributed by atoms with Gasteiger partial charge in [0.25, 0.3) is 5.91 Å². The van der Waals surface area contributed by atoms with E-state index in [1.165, 1.54) is 0 Å². The highest BCUT2D eigenvalue weighted by atomic mass is 16.5. The zero-order chi connectivity index (χ0) is 29.4. The van der Waals surface area contributed by atoms with Crippen molar-refractivity contribution < 1.29 is 18.7 Å². The molecule has 0 fully saturated rings. The second-order valence-corrected chi connectivity index (χ2v) is 12.2. The molecule has 1 N–H and O–H groups in total. The Morgan fingerprint density at radius 2 is 1.32 bits per heavy atom. The van der Waals surface area contributed by atoms with Gasteiger partial charge in [-0.3, -0.25) is 4.79 Å². The van der Waals surface area contributed by atoms with E-state index in [-0.39, 0.29) is 22.5 Å². The lowest BCUT2D eigenvalue weighted by molar-refractivity contribution is 0.0735. The van der Waals surface area contributed by atoms with Gasteiger partial charge in [0.05, 0.1) is 11.1 Å². The van der Waals surface area contributed by atoms with Crippen molar-refractivity contribution in [3.63, 3.8) is 0 Å². The van der Waals surface area contributed by atoms with E-state index >= 15 is 0 Å². The quantitative estimate of drug-likeness (QED) is 0.176. The summed E-state index contributed by atoms with van der Waals surface area (Å²) in [6.45, 7) is 12.7. The molecule has 5 rings (SSSR count). The molecule has 0 saturated carbocycles. The van der Waals surface area contributed by atoms with E-state index in [0.29, 0.717) is 39.4 Å². The van der Waals surface area contributed by atoms with Crippen LogP contribution >= 0.6 is 0 Å². The standard InChI is InChI=1S/C35H34N2O4/c1-34(2,3)24-15-11-22(12-16-24)31(38)36-26-19-20-27(32-37-28-9-7-8-10-29(28)40-32)30(21-26)41-33(39)23-13-17-25(18-14-23)35(4,5)6/h7-21H,1-6H3,(H,36,38). The summed E-state index contributed by atoms with van der Waals surface area (Å²) in [6.07, 6.45) is 0. The predicted molar refractivity (Wildman–Crippen MR) is 163 cm³/mol. The van der Waals surface area contributed by atoms with E-state index in [1.807, 2.05) is 60.7 Å². The number of nitrogens with one attached hydrogen (secondary N) is 1. The van der Waals surface area contributed by atoms with Crippen LogP contribution in [0, 0.1) is 0 Å². The van der Waals surface area contributed by atoms with Crippen molar-refractivity contribution in [1.29, 1.82) is 0 Å². The summed E-state index contributed by atoms with van der Waals surface area (Å²) in [7, 11) is 0. The van der Waals surface area contributed by atoms with E-state index < -0.39 is 5.97 Å². The number of ether oxygens (including phenoxy) is 1. The van der Waals surface area contributed by atoms with Gasteiger partial charge in [0.15, 0.2) is 5.58 Å². The van der Waals surface area contributed by atoms with Crippen LogP contribution in [0.15, 0.2) is 95.4 Å². The van der Waals surface area contributed by atoms with Crippen LogP contribution in [-0.4, -0.2) is 16.9 Å². The van der Waals surface area contributed by atoms with Crippen LogP contribution in [0.3, 0.4) is 0 Å². The minimum Gasteiger partial charge on any atom is -0.436 e. The Balaban J connectivity index is 1.46. The number of rotatable bonds is 5. The smallest absolute Gasteiger partial charge is 0.343 e. The number of benzene rings is 4. The second kappa shape index (κ2) is 10.7. The molecule has 1 amide bonds. The fourth-order valence-electron chi connectivity index (χ4n) is 4.44. The van der Waals surface area contributed by atoms with Crippen LogP contribution in [0.4, 0.5) is 5.69 Å². The first-order valence-corrected chi connectivity index (χ1v) is 13.6. The molecule has 0 aliphatic rings. The minimum absolute atomic E-state index is 0.0125. The topological polar surface area (TPSA) is 81.4 Å². The summed E-state index contributed by atoms with van der Waals surface area (Å²) in [5.74, 6) is -0.255. The van der Waals surface area contributed by atoms with E-state index in [9.17, 15) is 9.59 Å². The number of anilines is 1. The SMILES string of the molecule is CC(C)(C)c1ccc(C(=O)Nc2ccc(-c3nc4ccccc4o3)c(OC(=O)c3ccc(C(C)(C)C)cc3)c2)cc1. The van der Waals surface area contributed by atoms with Crippen LogP contribution in [0.5, 0.6) is 5.75 Å². The summed E-state index contributed by atoms with van der Waals surface area (Å²) in [5, 5.41) is 2.92. The number of para-hydroxylation sites is 2. The van der Waals surface area contributed by atoms with E-state index in [2.05, 4.69) is 51.8 Å². The highest BCUT2D eigenvalue weighted by molar-refractivity contribution is 6.04. The van der Waals surface area contributed by atoms with Gasteiger partial charge < -0.3 is 14.5 Å². The Morgan fingerprint density at radius 1 is 0.732 bits per heavy atom. The van der Waals surface area contributed by atoms with Crippen molar-refractivity contribution in [2.45, 2.75) is 52.4 Å². The molecule has 0 saturated heterocycles. The Morgan fingerprint density at radius 3 is 1.90 bits per heavy atom.